The number of pyridine rings is 1. The van der Waals surface area contributed by atoms with Crippen LogP contribution in [0.4, 0.5) is 13.2 Å². The second-order valence-corrected chi connectivity index (χ2v) is 4.31. The summed E-state index contributed by atoms with van der Waals surface area (Å²) >= 11 is 0. The number of nitrogens with zero attached hydrogens (tertiary/aromatic N) is 1. The standard InChI is InChI=1S/C11H13F3N2O2/c12-11(13,14)8-2-1-7(5-16-8)10(15)3-4-18-6-9(10)17/h1-2,5,9,17H,3-4,6,15H2. The molecule has 2 atom stereocenters. The molecular formula is C11H13F3N2O2. The fraction of sp³-hybridized carbons (Fsp3) is 0.545. The van der Waals surface area contributed by atoms with Gasteiger partial charge in [-0.1, -0.05) is 6.07 Å². The van der Waals surface area contributed by atoms with Crippen molar-refractivity contribution in [3.8, 4) is 0 Å². The number of aromatic nitrogens is 1. The minimum absolute atomic E-state index is 0.0670. The minimum Gasteiger partial charge on any atom is -0.388 e. The van der Waals surface area contributed by atoms with Crippen molar-refractivity contribution in [1.82, 2.24) is 4.98 Å². The Kier molecular flexibility index (Phi) is 3.31. The fourth-order valence-corrected chi connectivity index (χ4v) is 1.92. The highest BCUT2D eigenvalue weighted by atomic mass is 19.4. The Bertz CT molecular complexity index is 421. The number of hydrogen-bond acceptors (Lipinski definition) is 4. The van der Waals surface area contributed by atoms with Crippen LogP contribution in [0.2, 0.25) is 0 Å². The molecule has 0 spiro atoms. The Morgan fingerprint density at radius 3 is 2.67 bits per heavy atom. The first-order chi connectivity index (χ1) is 8.34. The molecule has 4 nitrogen and oxygen atoms in total. The van der Waals surface area contributed by atoms with Crippen LogP contribution in [0.15, 0.2) is 18.3 Å². The average Bonchev–Trinajstić information content (AvgIpc) is 2.32. The highest BCUT2D eigenvalue weighted by Gasteiger charge is 2.39. The van der Waals surface area contributed by atoms with E-state index in [9.17, 15) is 18.3 Å². The number of ether oxygens (including phenoxy) is 1. The molecule has 0 amide bonds. The van der Waals surface area contributed by atoms with E-state index in [0.29, 0.717) is 18.6 Å². The van der Waals surface area contributed by atoms with Crippen LogP contribution in [-0.2, 0) is 16.5 Å². The lowest BCUT2D eigenvalue weighted by molar-refractivity contribution is -0.141. The molecular weight excluding hydrogens is 249 g/mol. The predicted molar refractivity (Wildman–Crippen MR) is 56.5 cm³/mol. The summed E-state index contributed by atoms with van der Waals surface area (Å²) in [6, 6.07) is 2.12. The first kappa shape index (κ1) is 13.3. The zero-order valence-electron chi connectivity index (χ0n) is 9.44. The summed E-state index contributed by atoms with van der Waals surface area (Å²) in [6.07, 6.45) is -4.03. The number of nitrogens with two attached hydrogens (primary N) is 1. The van der Waals surface area contributed by atoms with E-state index in [1.54, 1.807) is 0 Å². The molecule has 0 radical (unpaired) electrons. The summed E-state index contributed by atoms with van der Waals surface area (Å²) in [5.41, 5.74) is 4.34. The van der Waals surface area contributed by atoms with Gasteiger partial charge in [-0.2, -0.15) is 13.2 Å². The molecule has 0 saturated carbocycles. The van der Waals surface area contributed by atoms with Gasteiger partial charge in [0.25, 0.3) is 0 Å². The van der Waals surface area contributed by atoms with E-state index in [4.69, 9.17) is 10.5 Å². The van der Waals surface area contributed by atoms with Crippen LogP contribution in [0.25, 0.3) is 0 Å². The zero-order chi connectivity index (χ0) is 13.4. The van der Waals surface area contributed by atoms with Crippen molar-refractivity contribution < 1.29 is 23.0 Å². The lowest BCUT2D eigenvalue weighted by atomic mass is 9.82. The van der Waals surface area contributed by atoms with Crippen LogP contribution in [-0.4, -0.2) is 29.4 Å². The molecule has 7 heteroatoms. The molecule has 0 aliphatic carbocycles. The van der Waals surface area contributed by atoms with Gasteiger partial charge in [0, 0.05) is 12.8 Å². The van der Waals surface area contributed by atoms with E-state index in [-0.39, 0.29) is 6.61 Å². The smallest absolute Gasteiger partial charge is 0.388 e. The van der Waals surface area contributed by atoms with Gasteiger partial charge in [0.15, 0.2) is 0 Å². The monoisotopic (exact) mass is 262 g/mol. The SMILES string of the molecule is NC1(c2ccc(C(F)(F)F)nc2)CCOCC1O. The molecule has 18 heavy (non-hydrogen) atoms. The van der Waals surface area contributed by atoms with E-state index < -0.39 is 23.5 Å². The summed E-state index contributed by atoms with van der Waals surface area (Å²) in [6.45, 7) is 0.423. The fourth-order valence-electron chi connectivity index (χ4n) is 1.92. The normalized spacial score (nSPS) is 29.3. The Labute approximate surface area is 102 Å². The Morgan fingerprint density at radius 1 is 1.44 bits per heavy atom. The van der Waals surface area contributed by atoms with Crippen LogP contribution >= 0.6 is 0 Å². The summed E-state index contributed by atoms with van der Waals surface area (Å²) in [4.78, 5) is 3.35. The predicted octanol–water partition coefficient (Wildman–Crippen LogP) is 1.04. The van der Waals surface area contributed by atoms with Crippen LogP contribution in [0, 0.1) is 0 Å². The molecule has 1 aliphatic rings. The van der Waals surface area contributed by atoms with Gasteiger partial charge >= 0.3 is 6.18 Å². The Morgan fingerprint density at radius 2 is 2.17 bits per heavy atom. The van der Waals surface area contributed by atoms with E-state index >= 15 is 0 Å². The van der Waals surface area contributed by atoms with E-state index in [0.717, 1.165) is 12.3 Å². The van der Waals surface area contributed by atoms with Crippen molar-refractivity contribution in [3.05, 3.63) is 29.6 Å². The second kappa shape index (κ2) is 4.49. The maximum Gasteiger partial charge on any atom is 0.433 e. The lowest BCUT2D eigenvalue weighted by Crippen LogP contribution is -2.53. The number of alkyl halides is 3. The van der Waals surface area contributed by atoms with Gasteiger partial charge < -0.3 is 15.6 Å². The van der Waals surface area contributed by atoms with Gasteiger partial charge in [0.2, 0.25) is 0 Å². The van der Waals surface area contributed by atoms with Crippen LogP contribution in [0.5, 0.6) is 0 Å². The van der Waals surface area contributed by atoms with Crippen molar-refractivity contribution in [2.24, 2.45) is 5.73 Å². The molecule has 2 unspecified atom stereocenters. The first-order valence-electron chi connectivity index (χ1n) is 5.42. The maximum atomic E-state index is 12.4. The number of aliphatic hydroxyl groups excluding tert-OH is 1. The number of hydrogen-bond donors (Lipinski definition) is 2. The molecule has 3 N–H and O–H groups in total. The highest BCUT2D eigenvalue weighted by Crippen LogP contribution is 2.32. The van der Waals surface area contributed by atoms with E-state index in [2.05, 4.69) is 4.98 Å². The molecule has 100 valence electrons. The van der Waals surface area contributed by atoms with Crippen molar-refractivity contribution in [3.63, 3.8) is 0 Å². The van der Waals surface area contributed by atoms with Crippen molar-refractivity contribution in [2.75, 3.05) is 13.2 Å². The van der Waals surface area contributed by atoms with Crippen LogP contribution < -0.4 is 5.73 Å². The van der Waals surface area contributed by atoms with Gasteiger partial charge in [-0.3, -0.25) is 4.98 Å². The van der Waals surface area contributed by atoms with Crippen molar-refractivity contribution >= 4 is 0 Å². The molecule has 2 heterocycles. The van der Waals surface area contributed by atoms with Gasteiger partial charge in [-0.25, -0.2) is 0 Å². The largest absolute Gasteiger partial charge is 0.433 e. The van der Waals surface area contributed by atoms with Crippen LogP contribution in [0.3, 0.4) is 0 Å². The topological polar surface area (TPSA) is 68.4 Å². The quantitative estimate of drug-likeness (QED) is 0.793. The Hall–Kier alpha value is -1.18. The van der Waals surface area contributed by atoms with Gasteiger partial charge in [0.05, 0.1) is 18.2 Å². The first-order valence-corrected chi connectivity index (χ1v) is 5.42. The average molecular weight is 262 g/mol. The van der Waals surface area contributed by atoms with Crippen molar-refractivity contribution in [2.45, 2.75) is 24.2 Å². The molecule has 0 bridgehead atoms. The van der Waals surface area contributed by atoms with E-state index in [1.165, 1.54) is 6.07 Å². The molecule has 1 aromatic heterocycles. The minimum atomic E-state index is -4.48. The molecule has 2 rings (SSSR count). The highest BCUT2D eigenvalue weighted by molar-refractivity contribution is 5.25. The molecule has 1 aliphatic heterocycles. The van der Waals surface area contributed by atoms with Crippen LogP contribution in [0.1, 0.15) is 17.7 Å². The van der Waals surface area contributed by atoms with Crippen molar-refractivity contribution in [1.29, 1.82) is 0 Å². The summed E-state index contributed by atoms with van der Waals surface area (Å²) < 4.78 is 42.2. The summed E-state index contributed by atoms with van der Waals surface area (Å²) in [5, 5.41) is 9.81. The Balaban J connectivity index is 2.28. The van der Waals surface area contributed by atoms with Gasteiger partial charge in [-0.05, 0) is 18.1 Å². The summed E-state index contributed by atoms with van der Waals surface area (Å²) in [5.74, 6) is 0. The van der Waals surface area contributed by atoms with Gasteiger partial charge in [-0.15, -0.1) is 0 Å². The third-order valence-corrected chi connectivity index (χ3v) is 3.12. The molecule has 1 saturated heterocycles. The molecule has 1 aromatic rings. The maximum absolute atomic E-state index is 12.4. The summed E-state index contributed by atoms with van der Waals surface area (Å²) in [7, 11) is 0. The van der Waals surface area contributed by atoms with Gasteiger partial charge in [0.1, 0.15) is 5.69 Å². The third kappa shape index (κ3) is 2.33. The molecule has 0 aromatic carbocycles. The van der Waals surface area contributed by atoms with E-state index in [1.807, 2.05) is 0 Å². The second-order valence-electron chi connectivity index (χ2n) is 4.31. The number of aliphatic hydroxyl groups is 1. The number of halogens is 3. The third-order valence-electron chi connectivity index (χ3n) is 3.12. The zero-order valence-corrected chi connectivity index (χ0v) is 9.44. The lowest BCUT2D eigenvalue weighted by Gasteiger charge is -2.38. The number of rotatable bonds is 1. The molecule has 1 fully saturated rings.